The summed E-state index contributed by atoms with van der Waals surface area (Å²) >= 11 is 0. The maximum absolute atomic E-state index is 12.3. The van der Waals surface area contributed by atoms with Gasteiger partial charge in [0, 0.05) is 78.5 Å². The molecule has 1 aromatic heterocycles. The number of aliphatic carboxylic acids is 3. The van der Waals surface area contributed by atoms with Crippen molar-refractivity contribution in [2.24, 2.45) is 0 Å². The fourth-order valence-electron chi connectivity index (χ4n) is 4.49. The van der Waals surface area contributed by atoms with Crippen molar-refractivity contribution in [3.8, 4) is 0 Å². The van der Waals surface area contributed by atoms with Crippen LogP contribution in [0, 0.1) is 49.4 Å². The molecule has 0 atom stereocenters. The molecule has 1 aromatic carbocycles. The molecule has 272 valence electrons. The number of rotatable bonds is 11. The molecule has 20 heteroatoms. The van der Waals surface area contributed by atoms with Crippen LogP contribution >= 0.6 is 0 Å². The number of carbonyl (C=O) groups excluding carboxylic acids is 4. The molecule has 1 fully saturated rings. The first-order valence-corrected chi connectivity index (χ1v) is 13.6. The number of pyridine rings is 1. The molecule has 48 heavy (non-hydrogen) atoms. The Morgan fingerprint density at radius 2 is 1.04 bits per heavy atom. The second-order valence-corrected chi connectivity index (χ2v) is 9.92. The molecular weight excluding hydrogens is 780 g/mol. The quantitative estimate of drug-likeness (QED) is 0.220. The van der Waals surface area contributed by atoms with Crippen LogP contribution in [-0.4, -0.2) is 148 Å². The molecule has 0 spiro atoms. The van der Waals surface area contributed by atoms with Gasteiger partial charge in [0.15, 0.2) is 0 Å². The van der Waals surface area contributed by atoms with Crippen LogP contribution in [0.5, 0.6) is 0 Å². The Bertz CT molecular complexity index is 1170. The third-order valence-corrected chi connectivity index (χ3v) is 6.62. The molecule has 0 unspecified atom stereocenters. The van der Waals surface area contributed by atoms with Gasteiger partial charge in [-0.25, -0.2) is 9.78 Å². The third-order valence-electron chi connectivity index (χ3n) is 6.62. The summed E-state index contributed by atoms with van der Waals surface area (Å²) in [7, 11) is 0. The van der Waals surface area contributed by atoms with E-state index in [2.05, 4.69) is 10.3 Å². The number of carboxylic acid groups (broad SMARTS) is 3. The van der Waals surface area contributed by atoms with E-state index in [0.717, 1.165) is 5.56 Å². The summed E-state index contributed by atoms with van der Waals surface area (Å²) in [4.78, 5) is 57.7. The van der Waals surface area contributed by atoms with Crippen LogP contribution in [0.2, 0.25) is 0 Å². The fraction of sp³-hybridized carbons (Fsp3) is 0.464. The maximum Gasteiger partial charge on any atom is 3.00 e. The minimum atomic E-state index is -1.28. The van der Waals surface area contributed by atoms with Crippen LogP contribution in [0.1, 0.15) is 11.3 Å². The zero-order chi connectivity index (χ0) is 30.3. The number of nitrogens with zero attached hydrogens (tertiary/aromatic N) is 5. The van der Waals surface area contributed by atoms with Crippen LogP contribution in [0.3, 0.4) is 0 Å². The van der Waals surface area contributed by atoms with Crippen LogP contribution < -0.4 is 20.6 Å². The standard InChI is InChI=1S/C28H38N6O8.Eu.5H2O/c35-25(36)18-32-11-9-31(10-12-33(19-26(37)38)14-16-34(15-13-32)20-27(39)40)17-23-7-4-8-24(29-23)30-28(41)42-21-22-5-2-1-3-6-22;;;;;;/h1-8H,9-21H2,(H,35,36)(H,37,38)(H,39,40)(H,29,30,41);;5*1H2/q;+3;;;;;/p-3. The van der Waals surface area contributed by atoms with Crippen molar-refractivity contribution in [2.75, 3.05) is 77.3 Å². The van der Waals surface area contributed by atoms with Gasteiger partial charge in [0.05, 0.1) is 23.6 Å². The summed E-state index contributed by atoms with van der Waals surface area (Å²) in [6, 6.07) is 14.4. The predicted molar refractivity (Wildman–Crippen MR) is 162 cm³/mol. The number of carboxylic acids is 3. The van der Waals surface area contributed by atoms with E-state index in [1.807, 2.05) is 35.2 Å². The Kier molecular flexibility index (Phi) is 30.5. The zero-order valence-electron chi connectivity index (χ0n) is 26.2. The maximum atomic E-state index is 12.3. The van der Waals surface area contributed by atoms with Crippen LogP contribution in [0.15, 0.2) is 48.5 Å². The smallest absolute Gasteiger partial charge is 0.549 e. The second kappa shape index (κ2) is 28.1. The Morgan fingerprint density at radius 1 is 0.625 bits per heavy atom. The van der Waals surface area contributed by atoms with Gasteiger partial charge in [-0.1, -0.05) is 36.4 Å². The number of anilines is 1. The van der Waals surface area contributed by atoms with E-state index in [0.29, 0.717) is 44.2 Å². The average Bonchev–Trinajstić information content (AvgIpc) is 2.93. The summed E-state index contributed by atoms with van der Waals surface area (Å²) in [5.74, 6) is -3.48. The van der Waals surface area contributed by atoms with Gasteiger partial charge >= 0.3 is 55.5 Å². The molecule has 19 nitrogen and oxygen atoms in total. The number of nitrogens with one attached hydrogen (secondary N) is 1. The van der Waals surface area contributed by atoms with Gasteiger partial charge in [-0.05, 0) is 17.7 Å². The number of hydrogen-bond acceptors (Lipinski definition) is 13. The molecule has 1 aliphatic rings. The van der Waals surface area contributed by atoms with E-state index in [1.165, 1.54) is 0 Å². The first kappa shape index (κ1) is 52.1. The third kappa shape index (κ3) is 21.3. The first-order chi connectivity index (χ1) is 20.2. The number of benzene rings is 1. The van der Waals surface area contributed by atoms with Crippen molar-refractivity contribution in [3.63, 3.8) is 0 Å². The summed E-state index contributed by atoms with van der Waals surface area (Å²) in [5.41, 5.74) is 1.47. The second-order valence-electron chi connectivity index (χ2n) is 9.92. The largest absolute Gasteiger partial charge is 3.00 e. The number of amides is 1. The molecule has 1 saturated heterocycles. The first-order valence-electron chi connectivity index (χ1n) is 13.6. The molecule has 1 amide bonds. The van der Waals surface area contributed by atoms with E-state index in [1.54, 1.807) is 32.9 Å². The van der Waals surface area contributed by atoms with Gasteiger partial charge < -0.3 is 61.8 Å². The van der Waals surface area contributed by atoms with E-state index in [9.17, 15) is 34.5 Å². The van der Waals surface area contributed by atoms with Crippen molar-refractivity contribution in [2.45, 2.75) is 13.2 Å². The summed E-state index contributed by atoms with van der Waals surface area (Å²) < 4.78 is 5.26. The average molecular weight is 826 g/mol. The van der Waals surface area contributed by atoms with Crippen LogP contribution in [-0.2, 0) is 32.3 Å². The number of hydrogen-bond donors (Lipinski definition) is 1. The molecule has 0 bridgehead atoms. The van der Waals surface area contributed by atoms with Gasteiger partial charge in [-0.3, -0.25) is 24.9 Å². The molecule has 0 saturated carbocycles. The Morgan fingerprint density at radius 3 is 1.46 bits per heavy atom. The van der Waals surface area contributed by atoms with Crippen LogP contribution in [0.4, 0.5) is 10.6 Å². The Labute approximate surface area is 318 Å². The van der Waals surface area contributed by atoms with E-state index in [-0.39, 0.29) is 129 Å². The Balaban J connectivity index is -0.00000161. The SMILES string of the molecule is O.O.O.O.O.O=C([O-])CN1CCN(CC(=O)[O-])CCN(Cc2cccc(NC(=O)OCc3ccccc3)n2)CCN(CC(=O)[O-])CC1.[Eu+3]. The molecule has 11 N–H and O–H groups in total. The molecule has 3 rings (SSSR count). The van der Waals surface area contributed by atoms with Crippen molar-refractivity contribution >= 4 is 29.8 Å². The van der Waals surface area contributed by atoms with Crippen molar-refractivity contribution in [1.82, 2.24) is 24.6 Å². The van der Waals surface area contributed by atoms with Gasteiger partial charge in [0.2, 0.25) is 0 Å². The van der Waals surface area contributed by atoms with Gasteiger partial charge in [0.25, 0.3) is 0 Å². The molecule has 0 aliphatic carbocycles. The minimum absolute atomic E-state index is 0. The van der Waals surface area contributed by atoms with Crippen molar-refractivity contribution < 1.29 is 116 Å². The fourth-order valence-corrected chi connectivity index (χ4v) is 4.49. The summed E-state index contributed by atoms with van der Waals surface area (Å²) in [6.45, 7) is 1.92. The summed E-state index contributed by atoms with van der Waals surface area (Å²) in [6.07, 6.45) is -0.654. The monoisotopic (exact) mass is 826 g/mol. The molecule has 2 aromatic rings. The molecule has 0 radical (unpaired) electrons. The molecule has 1 aliphatic heterocycles. The molecule has 2 heterocycles. The van der Waals surface area contributed by atoms with E-state index >= 15 is 0 Å². The van der Waals surface area contributed by atoms with E-state index < -0.39 is 24.0 Å². The van der Waals surface area contributed by atoms with Gasteiger partial charge in [0.1, 0.15) is 12.4 Å². The minimum Gasteiger partial charge on any atom is -0.549 e. The van der Waals surface area contributed by atoms with Gasteiger partial charge in [-0.2, -0.15) is 0 Å². The van der Waals surface area contributed by atoms with Crippen molar-refractivity contribution in [1.29, 1.82) is 0 Å². The Hall–Kier alpha value is -2.73. The van der Waals surface area contributed by atoms with Gasteiger partial charge in [-0.15, -0.1) is 0 Å². The van der Waals surface area contributed by atoms with Crippen LogP contribution in [0.25, 0.3) is 0 Å². The van der Waals surface area contributed by atoms with E-state index in [4.69, 9.17) is 4.74 Å². The van der Waals surface area contributed by atoms with Crippen molar-refractivity contribution in [3.05, 3.63) is 59.8 Å². The predicted octanol–water partition coefficient (Wildman–Crippen LogP) is -7.32. The number of aromatic nitrogens is 1. The topological polar surface area (TPSA) is 342 Å². The molecular formula is C28H45EuN6O13. The summed E-state index contributed by atoms with van der Waals surface area (Å²) in [5, 5.41) is 36.6. The zero-order valence-corrected chi connectivity index (χ0v) is 28.6. The number of ether oxygens (including phenoxy) is 1. The number of carbonyl (C=O) groups is 4. The normalized spacial score (nSPS) is 14.5.